The van der Waals surface area contributed by atoms with Crippen molar-refractivity contribution < 1.29 is 9.18 Å². The van der Waals surface area contributed by atoms with E-state index in [1.54, 1.807) is 13.2 Å². The zero-order valence-electron chi connectivity index (χ0n) is 10.7. The van der Waals surface area contributed by atoms with E-state index in [0.29, 0.717) is 12.2 Å². The number of nitrogens with two attached hydrogens (primary N) is 1. The van der Waals surface area contributed by atoms with E-state index in [2.05, 4.69) is 4.98 Å². The number of benzene rings is 1. The highest BCUT2D eigenvalue weighted by Gasteiger charge is 2.17. The maximum absolute atomic E-state index is 13.7. The molecule has 6 heteroatoms. The van der Waals surface area contributed by atoms with E-state index in [4.69, 9.17) is 5.73 Å². The van der Waals surface area contributed by atoms with Gasteiger partial charge in [0.1, 0.15) is 5.82 Å². The molecule has 0 spiro atoms. The fourth-order valence-corrected chi connectivity index (χ4v) is 2.54. The van der Waals surface area contributed by atoms with E-state index in [-0.39, 0.29) is 11.5 Å². The van der Waals surface area contributed by atoms with Crippen LogP contribution in [0.25, 0.3) is 0 Å². The highest BCUT2D eigenvalue weighted by Crippen LogP contribution is 2.17. The Kier molecular flexibility index (Phi) is 3.80. The summed E-state index contributed by atoms with van der Waals surface area (Å²) in [4.78, 5) is 18.7. The molecule has 0 saturated carbocycles. The molecule has 2 aromatic rings. The lowest BCUT2D eigenvalue weighted by Crippen LogP contribution is -2.26. The van der Waals surface area contributed by atoms with Gasteiger partial charge in [0.2, 0.25) is 0 Å². The standard InChI is InChI=1S/C13H14FN3OS/c1-8-16-6-10(19-8)7-17(2)13(18)11-4-3-9(15)5-12(11)14/h3-6H,7,15H2,1-2H3. The first-order valence-electron chi connectivity index (χ1n) is 5.69. The molecule has 0 aliphatic carbocycles. The summed E-state index contributed by atoms with van der Waals surface area (Å²) in [5.74, 6) is -0.971. The zero-order valence-corrected chi connectivity index (χ0v) is 11.5. The van der Waals surface area contributed by atoms with E-state index in [9.17, 15) is 9.18 Å². The number of rotatable bonds is 3. The van der Waals surface area contributed by atoms with Crippen molar-refractivity contribution in [2.75, 3.05) is 12.8 Å². The minimum absolute atomic E-state index is 0.0259. The maximum atomic E-state index is 13.7. The number of hydrogen-bond acceptors (Lipinski definition) is 4. The van der Waals surface area contributed by atoms with Gasteiger partial charge in [0.25, 0.3) is 5.91 Å². The predicted molar refractivity (Wildman–Crippen MR) is 73.5 cm³/mol. The number of aromatic nitrogens is 1. The highest BCUT2D eigenvalue weighted by molar-refractivity contribution is 7.11. The summed E-state index contributed by atoms with van der Waals surface area (Å²) in [7, 11) is 1.63. The van der Waals surface area contributed by atoms with Crippen LogP contribution in [0.5, 0.6) is 0 Å². The van der Waals surface area contributed by atoms with Gasteiger partial charge < -0.3 is 10.6 Å². The number of carbonyl (C=O) groups excluding carboxylic acids is 1. The fourth-order valence-electron chi connectivity index (χ4n) is 1.69. The molecule has 19 heavy (non-hydrogen) atoms. The molecule has 0 saturated heterocycles. The van der Waals surface area contributed by atoms with E-state index in [1.165, 1.54) is 28.4 Å². The molecular formula is C13H14FN3OS. The third-order valence-electron chi connectivity index (χ3n) is 2.63. The Morgan fingerprint density at radius 3 is 2.84 bits per heavy atom. The molecule has 0 radical (unpaired) electrons. The number of nitrogens with zero attached hydrogens (tertiary/aromatic N) is 2. The van der Waals surface area contributed by atoms with Crippen LogP contribution in [0.3, 0.4) is 0 Å². The van der Waals surface area contributed by atoms with Crippen molar-refractivity contribution in [3.63, 3.8) is 0 Å². The fraction of sp³-hybridized carbons (Fsp3) is 0.231. The second-order valence-corrected chi connectivity index (χ2v) is 5.57. The van der Waals surface area contributed by atoms with Crippen molar-refractivity contribution in [3.05, 3.63) is 45.7 Å². The van der Waals surface area contributed by atoms with Gasteiger partial charge >= 0.3 is 0 Å². The van der Waals surface area contributed by atoms with Gasteiger partial charge in [-0.1, -0.05) is 0 Å². The second kappa shape index (κ2) is 5.36. The van der Waals surface area contributed by atoms with Gasteiger partial charge in [0, 0.05) is 23.8 Å². The van der Waals surface area contributed by atoms with E-state index >= 15 is 0 Å². The average Bonchev–Trinajstić information content (AvgIpc) is 2.74. The number of nitrogen functional groups attached to an aromatic ring is 1. The molecule has 0 atom stereocenters. The van der Waals surface area contributed by atoms with Gasteiger partial charge in [-0.05, 0) is 25.1 Å². The first-order chi connectivity index (χ1) is 8.97. The van der Waals surface area contributed by atoms with Crippen LogP contribution in [0.1, 0.15) is 20.2 Å². The molecule has 2 rings (SSSR count). The van der Waals surface area contributed by atoms with Gasteiger partial charge in [-0.2, -0.15) is 0 Å². The van der Waals surface area contributed by atoms with Gasteiger partial charge in [0.15, 0.2) is 0 Å². The molecule has 0 fully saturated rings. The maximum Gasteiger partial charge on any atom is 0.256 e. The summed E-state index contributed by atoms with van der Waals surface area (Å²) in [6.07, 6.45) is 1.73. The summed E-state index contributed by atoms with van der Waals surface area (Å²) in [6.45, 7) is 2.31. The van der Waals surface area contributed by atoms with Crippen LogP contribution < -0.4 is 5.73 Å². The smallest absolute Gasteiger partial charge is 0.256 e. The molecule has 1 amide bonds. The largest absolute Gasteiger partial charge is 0.399 e. The Bertz CT molecular complexity index is 612. The number of amides is 1. The summed E-state index contributed by atoms with van der Waals surface area (Å²) >= 11 is 1.52. The van der Waals surface area contributed by atoms with Crippen molar-refractivity contribution in [3.8, 4) is 0 Å². The third-order valence-corrected chi connectivity index (χ3v) is 3.53. The Labute approximate surface area is 114 Å². The van der Waals surface area contributed by atoms with Crippen molar-refractivity contribution in [2.24, 2.45) is 0 Å². The summed E-state index contributed by atoms with van der Waals surface area (Å²) in [6, 6.07) is 4.07. The van der Waals surface area contributed by atoms with Gasteiger partial charge in [-0.25, -0.2) is 9.37 Å². The quantitative estimate of drug-likeness (QED) is 0.878. The lowest BCUT2D eigenvalue weighted by atomic mass is 10.1. The number of aryl methyl sites for hydroxylation is 1. The minimum Gasteiger partial charge on any atom is -0.399 e. The van der Waals surface area contributed by atoms with E-state index in [1.807, 2.05) is 6.92 Å². The van der Waals surface area contributed by atoms with E-state index in [0.717, 1.165) is 16.0 Å². The van der Waals surface area contributed by atoms with Crippen molar-refractivity contribution in [2.45, 2.75) is 13.5 Å². The summed E-state index contributed by atoms with van der Waals surface area (Å²) in [5, 5.41) is 0.939. The predicted octanol–water partition coefficient (Wildman–Crippen LogP) is 2.45. The Morgan fingerprint density at radius 2 is 2.26 bits per heavy atom. The van der Waals surface area contributed by atoms with Crippen LogP contribution >= 0.6 is 11.3 Å². The van der Waals surface area contributed by atoms with Crippen molar-refractivity contribution in [1.29, 1.82) is 0 Å². The Hall–Kier alpha value is -1.95. The lowest BCUT2D eigenvalue weighted by molar-refractivity contribution is 0.0782. The molecular weight excluding hydrogens is 265 g/mol. The highest BCUT2D eigenvalue weighted by atomic mass is 32.1. The molecule has 0 bridgehead atoms. The van der Waals surface area contributed by atoms with Crippen LogP contribution in [-0.4, -0.2) is 22.8 Å². The molecule has 4 nitrogen and oxygen atoms in total. The molecule has 0 aliphatic heterocycles. The van der Waals surface area contributed by atoms with Gasteiger partial charge in [-0.15, -0.1) is 11.3 Å². The van der Waals surface area contributed by atoms with Crippen LogP contribution in [0.2, 0.25) is 0 Å². The molecule has 1 aromatic carbocycles. The Balaban J connectivity index is 2.14. The molecule has 1 heterocycles. The van der Waals surface area contributed by atoms with Crippen LogP contribution in [-0.2, 0) is 6.54 Å². The summed E-state index contributed by atoms with van der Waals surface area (Å²) < 4.78 is 13.7. The normalized spacial score (nSPS) is 10.5. The first-order valence-corrected chi connectivity index (χ1v) is 6.51. The second-order valence-electron chi connectivity index (χ2n) is 4.25. The van der Waals surface area contributed by atoms with Crippen LogP contribution in [0.4, 0.5) is 10.1 Å². The van der Waals surface area contributed by atoms with Crippen molar-refractivity contribution in [1.82, 2.24) is 9.88 Å². The van der Waals surface area contributed by atoms with Gasteiger partial charge in [-0.3, -0.25) is 4.79 Å². The number of anilines is 1. The monoisotopic (exact) mass is 279 g/mol. The number of halogens is 1. The molecule has 2 N–H and O–H groups in total. The number of carbonyl (C=O) groups is 1. The molecule has 0 aliphatic rings. The SMILES string of the molecule is Cc1ncc(CN(C)C(=O)c2ccc(N)cc2F)s1. The lowest BCUT2D eigenvalue weighted by Gasteiger charge is -2.16. The molecule has 0 unspecified atom stereocenters. The molecule has 1 aromatic heterocycles. The first kappa shape index (κ1) is 13.5. The topological polar surface area (TPSA) is 59.2 Å². The third kappa shape index (κ3) is 3.08. The Morgan fingerprint density at radius 1 is 1.53 bits per heavy atom. The summed E-state index contributed by atoms with van der Waals surface area (Å²) in [5.41, 5.74) is 5.79. The average molecular weight is 279 g/mol. The zero-order chi connectivity index (χ0) is 14.0. The van der Waals surface area contributed by atoms with Crippen LogP contribution in [0, 0.1) is 12.7 Å². The number of hydrogen-bond donors (Lipinski definition) is 1. The molecule has 100 valence electrons. The van der Waals surface area contributed by atoms with Crippen LogP contribution in [0.15, 0.2) is 24.4 Å². The van der Waals surface area contributed by atoms with E-state index < -0.39 is 5.82 Å². The number of thiazole rings is 1. The van der Waals surface area contributed by atoms with Crippen molar-refractivity contribution >= 4 is 22.9 Å². The minimum atomic E-state index is -0.600. The van der Waals surface area contributed by atoms with Gasteiger partial charge in [0.05, 0.1) is 17.1 Å².